The van der Waals surface area contributed by atoms with Gasteiger partial charge in [0, 0.05) is 18.2 Å². The molecule has 0 bridgehead atoms. The molecule has 0 amide bonds. The number of nitrogen functional groups attached to an aromatic ring is 1. The van der Waals surface area contributed by atoms with Crippen LogP contribution in [0.15, 0.2) is 18.3 Å². The SMILES string of the molecule is COc1cc(C)cc(-c2cnn(C)c2N)c1O. The molecule has 0 aliphatic heterocycles. The molecule has 0 aliphatic carbocycles. The Morgan fingerprint density at radius 3 is 2.59 bits per heavy atom. The van der Waals surface area contributed by atoms with Crippen molar-refractivity contribution in [3.63, 3.8) is 0 Å². The third-order valence-corrected chi connectivity index (χ3v) is 2.71. The fourth-order valence-electron chi connectivity index (χ4n) is 1.76. The van der Waals surface area contributed by atoms with E-state index in [9.17, 15) is 5.11 Å². The van der Waals surface area contributed by atoms with Crippen molar-refractivity contribution < 1.29 is 9.84 Å². The Bertz CT molecular complexity index is 561. The molecule has 90 valence electrons. The van der Waals surface area contributed by atoms with Gasteiger partial charge in [-0.05, 0) is 24.6 Å². The monoisotopic (exact) mass is 233 g/mol. The third-order valence-electron chi connectivity index (χ3n) is 2.71. The van der Waals surface area contributed by atoms with E-state index in [1.807, 2.05) is 13.0 Å². The van der Waals surface area contributed by atoms with E-state index >= 15 is 0 Å². The topological polar surface area (TPSA) is 73.3 Å². The molecule has 0 saturated carbocycles. The van der Waals surface area contributed by atoms with Gasteiger partial charge in [-0.2, -0.15) is 5.10 Å². The second kappa shape index (κ2) is 4.01. The van der Waals surface area contributed by atoms with Crippen LogP contribution in [0, 0.1) is 6.92 Å². The number of ether oxygens (including phenoxy) is 1. The summed E-state index contributed by atoms with van der Waals surface area (Å²) < 4.78 is 6.68. The van der Waals surface area contributed by atoms with Crippen LogP contribution < -0.4 is 10.5 Å². The van der Waals surface area contributed by atoms with Crippen LogP contribution in [0.4, 0.5) is 5.82 Å². The van der Waals surface area contributed by atoms with E-state index < -0.39 is 0 Å². The van der Waals surface area contributed by atoms with E-state index in [0.29, 0.717) is 22.7 Å². The van der Waals surface area contributed by atoms with Crippen molar-refractivity contribution in [3.05, 3.63) is 23.9 Å². The number of nitrogens with two attached hydrogens (primary N) is 1. The van der Waals surface area contributed by atoms with Gasteiger partial charge < -0.3 is 15.6 Å². The van der Waals surface area contributed by atoms with Crippen molar-refractivity contribution in [3.8, 4) is 22.6 Å². The highest BCUT2D eigenvalue weighted by molar-refractivity contribution is 5.80. The molecular formula is C12H15N3O2. The van der Waals surface area contributed by atoms with E-state index in [1.165, 1.54) is 7.11 Å². The number of anilines is 1. The van der Waals surface area contributed by atoms with Crippen LogP contribution in [0.5, 0.6) is 11.5 Å². The van der Waals surface area contributed by atoms with Crippen molar-refractivity contribution in [2.45, 2.75) is 6.92 Å². The highest BCUT2D eigenvalue weighted by Crippen LogP contribution is 2.39. The molecule has 5 nitrogen and oxygen atoms in total. The summed E-state index contributed by atoms with van der Waals surface area (Å²) in [5, 5.41) is 14.1. The molecular weight excluding hydrogens is 218 g/mol. The minimum Gasteiger partial charge on any atom is -0.504 e. The zero-order chi connectivity index (χ0) is 12.6. The molecule has 5 heteroatoms. The van der Waals surface area contributed by atoms with Gasteiger partial charge >= 0.3 is 0 Å². The summed E-state index contributed by atoms with van der Waals surface area (Å²) in [4.78, 5) is 0. The van der Waals surface area contributed by atoms with Crippen LogP contribution in [0.2, 0.25) is 0 Å². The maximum Gasteiger partial charge on any atom is 0.165 e. The average molecular weight is 233 g/mol. The standard InChI is InChI=1S/C12H15N3O2/c1-7-4-8(11(16)10(5-7)17-3)9-6-14-15(2)12(9)13/h4-6,16H,13H2,1-3H3. The summed E-state index contributed by atoms with van der Waals surface area (Å²) in [5.41, 5.74) is 8.21. The van der Waals surface area contributed by atoms with Crippen molar-refractivity contribution in [2.24, 2.45) is 7.05 Å². The number of benzene rings is 1. The van der Waals surface area contributed by atoms with Crippen LogP contribution in [0.25, 0.3) is 11.1 Å². The molecule has 0 fully saturated rings. The third kappa shape index (κ3) is 1.80. The van der Waals surface area contributed by atoms with Gasteiger partial charge in [0.05, 0.1) is 13.3 Å². The van der Waals surface area contributed by atoms with Crippen molar-refractivity contribution in [2.75, 3.05) is 12.8 Å². The summed E-state index contributed by atoms with van der Waals surface area (Å²) in [6, 6.07) is 3.62. The Hall–Kier alpha value is -2.17. The van der Waals surface area contributed by atoms with Gasteiger partial charge in [-0.25, -0.2) is 0 Å². The number of phenolic OH excluding ortho intramolecular Hbond substituents is 1. The maximum atomic E-state index is 10.1. The molecule has 1 heterocycles. The van der Waals surface area contributed by atoms with E-state index in [2.05, 4.69) is 5.10 Å². The van der Waals surface area contributed by atoms with Gasteiger partial charge in [0.2, 0.25) is 0 Å². The van der Waals surface area contributed by atoms with Crippen LogP contribution in [-0.2, 0) is 7.05 Å². The smallest absolute Gasteiger partial charge is 0.165 e. The fraction of sp³-hybridized carbons (Fsp3) is 0.250. The van der Waals surface area contributed by atoms with E-state index in [1.54, 1.807) is 24.0 Å². The number of phenols is 1. The molecule has 1 aromatic carbocycles. The summed E-state index contributed by atoms with van der Waals surface area (Å²) in [6.07, 6.45) is 1.63. The number of nitrogens with zero attached hydrogens (tertiary/aromatic N) is 2. The lowest BCUT2D eigenvalue weighted by Crippen LogP contribution is -1.98. The first-order valence-corrected chi connectivity index (χ1v) is 5.20. The van der Waals surface area contributed by atoms with Crippen molar-refractivity contribution in [1.82, 2.24) is 9.78 Å². The average Bonchev–Trinajstić information content (AvgIpc) is 2.63. The van der Waals surface area contributed by atoms with Gasteiger partial charge in [0.1, 0.15) is 5.82 Å². The predicted molar refractivity (Wildman–Crippen MR) is 66.0 cm³/mol. The second-order valence-corrected chi connectivity index (χ2v) is 3.93. The first-order chi connectivity index (χ1) is 8.04. The lowest BCUT2D eigenvalue weighted by Gasteiger charge is -2.10. The molecule has 0 radical (unpaired) electrons. The molecule has 0 atom stereocenters. The van der Waals surface area contributed by atoms with Gasteiger partial charge in [0.25, 0.3) is 0 Å². The van der Waals surface area contributed by atoms with E-state index in [4.69, 9.17) is 10.5 Å². The Balaban J connectivity index is 2.67. The first kappa shape index (κ1) is 11.3. The number of aromatic hydroxyl groups is 1. The second-order valence-electron chi connectivity index (χ2n) is 3.93. The minimum atomic E-state index is 0.0813. The first-order valence-electron chi connectivity index (χ1n) is 5.20. The number of methoxy groups -OCH3 is 1. The van der Waals surface area contributed by atoms with Crippen LogP contribution in [-0.4, -0.2) is 22.0 Å². The molecule has 0 spiro atoms. The van der Waals surface area contributed by atoms with Crippen LogP contribution in [0.1, 0.15) is 5.56 Å². The largest absolute Gasteiger partial charge is 0.504 e. The van der Waals surface area contributed by atoms with Gasteiger partial charge in [-0.3, -0.25) is 4.68 Å². The quantitative estimate of drug-likeness (QED) is 0.827. The van der Waals surface area contributed by atoms with Gasteiger partial charge in [-0.1, -0.05) is 0 Å². The molecule has 2 aromatic rings. The number of rotatable bonds is 2. The van der Waals surface area contributed by atoms with Crippen molar-refractivity contribution >= 4 is 5.82 Å². The highest BCUT2D eigenvalue weighted by atomic mass is 16.5. The Kier molecular flexibility index (Phi) is 2.67. The molecule has 17 heavy (non-hydrogen) atoms. The highest BCUT2D eigenvalue weighted by Gasteiger charge is 2.15. The zero-order valence-electron chi connectivity index (χ0n) is 10.1. The summed E-state index contributed by atoms with van der Waals surface area (Å²) in [7, 11) is 3.27. The van der Waals surface area contributed by atoms with Gasteiger partial charge in [0.15, 0.2) is 11.5 Å². The fourth-order valence-corrected chi connectivity index (χ4v) is 1.76. The van der Waals surface area contributed by atoms with E-state index in [-0.39, 0.29) is 5.75 Å². The van der Waals surface area contributed by atoms with Crippen molar-refractivity contribution in [1.29, 1.82) is 0 Å². The Morgan fingerprint density at radius 2 is 2.06 bits per heavy atom. The molecule has 2 rings (SSSR count). The lowest BCUT2D eigenvalue weighted by molar-refractivity contribution is 0.374. The Morgan fingerprint density at radius 1 is 1.35 bits per heavy atom. The summed E-state index contributed by atoms with van der Waals surface area (Å²) in [5.74, 6) is 1.02. The molecule has 3 N–H and O–H groups in total. The maximum absolute atomic E-state index is 10.1. The Labute approximate surface area is 99.4 Å². The summed E-state index contributed by atoms with van der Waals surface area (Å²) >= 11 is 0. The predicted octanol–water partition coefficient (Wildman–Crippen LogP) is 1.69. The van der Waals surface area contributed by atoms with Crippen LogP contribution in [0.3, 0.4) is 0 Å². The molecule has 1 aromatic heterocycles. The molecule has 0 unspecified atom stereocenters. The molecule has 0 saturated heterocycles. The number of hydrogen-bond acceptors (Lipinski definition) is 4. The lowest BCUT2D eigenvalue weighted by atomic mass is 10.0. The summed E-state index contributed by atoms with van der Waals surface area (Å²) in [6.45, 7) is 1.93. The number of aryl methyl sites for hydroxylation is 2. The number of hydrogen-bond donors (Lipinski definition) is 2. The van der Waals surface area contributed by atoms with E-state index in [0.717, 1.165) is 5.56 Å². The minimum absolute atomic E-state index is 0.0813. The zero-order valence-corrected chi connectivity index (χ0v) is 10.1. The van der Waals surface area contributed by atoms with Gasteiger partial charge in [-0.15, -0.1) is 0 Å². The number of aromatic nitrogens is 2. The molecule has 0 aliphatic rings. The normalized spacial score (nSPS) is 10.5. The van der Waals surface area contributed by atoms with Crippen LogP contribution >= 0.6 is 0 Å².